The van der Waals surface area contributed by atoms with Crippen LogP contribution < -0.4 is 4.72 Å². The van der Waals surface area contributed by atoms with Gasteiger partial charge in [0.1, 0.15) is 5.15 Å². The number of sulfonamides is 1. The van der Waals surface area contributed by atoms with Crippen LogP contribution in [0.5, 0.6) is 0 Å². The third-order valence-electron chi connectivity index (χ3n) is 2.25. The summed E-state index contributed by atoms with van der Waals surface area (Å²) in [4.78, 5) is 3.69. The van der Waals surface area contributed by atoms with Crippen molar-refractivity contribution in [2.24, 2.45) is 0 Å². The first-order chi connectivity index (χ1) is 9.29. The zero-order valence-electron chi connectivity index (χ0n) is 9.57. The van der Waals surface area contributed by atoms with Gasteiger partial charge >= 0.3 is 0 Å². The second-order valence-electron chi connectivity index (χ2n) is 3.66. The average Bonchev–Trinajstić information content (AvgIpc) is 2.34. The number of hydrogen-bond acceptors (Lipinski definition) is 3. The molecule has 1 aromatic carbocycles. The van der Waals surface area contributed by atoms with Crippen LogP contribution in [0.25, 0.3) is 0 Å². The van der Waals surface area contributed by atoms with Gasteiger partial charge < -0.3 is 0 Å². The standard InChI is InChI=1S/C11H6BrCl3N2O2S/c12-6-3-8(13)11(9(14)4-6)17-20(18,19)7-1-2-16-10(15)5-7/h1-5,17H. The van der Waals surface area contributed by atoms with Gasteiger partial charge in [-0.25, -0.2) is 13.4 Å². The van der Waals surface area contributed by atoms with E-state index in [1.165, 1.54) is 30.5 Å². The van der Waals surface area contributed by atoms with Crippen LogP contribution in [0.15, 0.2) is 39.8 Å². The molecule has 0 saturated carbocycles. The molecule has 0 aliphatic heterocycles. The summed E-state index contributed by atoms with van der Waals surface area (Å²) < 4.78 is 27.4. The molecular formula is C11H6BrCl3N2O2S. The Balaban J connectivity index is 2.44. The Kier molecular flexibility index (Phi) is 4.81. The fourth-order valence-corrected chi connectivity index (χ4v) is 4.15. The van der Waals surface area contributed by atoms with Crippen molar-refractivity contribution in [2.75, 3.05) is 4.72 Å². The van der Waals surface area contributed by atoms with Crippen molar-refractivity contribution in [1.82, 2.24) is 4.98 Å². The van der Waals surface area contributed by atoms with Crippen LogP contribution in [0.3, 0.4) is 0 Å². The molecule has 1 N–H and O–H groups in total. The van der Waals surface area contributed by atoms with Crippen molar-refractivity contribution in [3.63, 3.8) is 0 Å². The van der Waals surface area contributed by atoms with Crippen molar-refractivity contribution in [3.05, 3.63) is 50.1 Å². The number of rotatable bonds is 3. The molecule has 9 heteroatoms. The van der Waals surface area contributed by atoms with E-state index in [-0.39, 0.29) is 25.8 Å². The molecule has 0 bridgehead atoms. The number of nitrogens with zero attached hydrogens (tertiary/aromatic N) is 1. The lowest BCUT2D eigenvalue weighted by Gasteiger charge is -2.11. The van der Waals surface area contributed by atoms with Gasteiger partial charge in [0.25, 0.3) is 10.0 Å². The number of halogens is 4. The van der Waals surface area contributed by atoms with E-state index in [2.05, 4.69) is 25.6 Å². The quantitative estimate of drug-likeness (QED) is 0.744. The summed E-state index contributed by atoms with van der Waals surface area (Å²) in [5.74, 6) is 0. The number of pyridine rings is 1. The minimum absolute atomic E-state index is 0.0347. The molecule has 0 radical (unpaired) electrons. The Morgan fingerprint density at radius 1 is 1.10 bits per heavy atom. The zero-order valence-corrected chi connectivity index (χ0v) is 14.2. The number of anilines is 1. The third-order valence-corrected chi connectivity index (χ3v) is 4.86. The van der Waals surface area contributed by atoms with Gasteiger partial charge in [-0.15, -0.1) is 0 Å². The highest BCUT2D eigenvalue weighted by Crippen LogP contribution is 2.35. The van der Waals surface area contributed by atoms with Crippen LogP contribution in [-0.4, -0.2) is 13.4 Å². The van der Waals surface area contributed by atoms with E-state index in [0.717, 1.165) is 0 Å². The van der Waals surface area contributed by atoms with Gasteiger partial charge in [0.2, 0.25) is 0 Å². The summed E-state index contributed by atoms with van der Waals surface area (Å²) >= 11 is 20.8. The SMILES string of the molecule is O=S(=O)(Nc1c(Cl)cc(Br)cc1Cl)c1ccnc(Cl)c1. The van der Waals surface area contributed by atoms with Gasteiger partial charge in [-0.2, -0.15) is 0 Å². The maximum atomic E-state index is 12.2. The molecule has 0 fully saturated rings. The molecule has 20 heavy (non-hydrogen) atoms. The largest absolute Gasteiger partial charge is 0.277 e. The Hall–Kier alpha value is -0.530. The van der Waals surface area contributed by atoms with Crippen molar-refractivity contribution < 1.29 is 8.42 Å². The third kappa shape index (κ3) is 3.56. The lowest BCUT2D eigenvalue weighted by Crippen LogP contribution is -2.13. The van der Waals surface area contributed by atoms with E-state index in [9.17, 15) is 8.42 Å². The Labute approximate surface area is 139 Å². The van der Waals surface area contributed by atoms with Gasteiger partial charge in [-0.05, 0) is 24.3 Å². The molecule has 0 spiro atoms. The molecule has 1 heterocycles. The van der Waals surface area contributed by atoms with Crippen molar-refractivity contribution >= 4 is 66.4 Å². The van der Waals surface area contributed by atoms with Crippen LogP contribution in [0, 0.1) is 0 Å². The minimum Gasteiger partial charge on any atom is -0.277 e. The molecule has 0 amide bonds. The van der Waals surface area contributed by atoms with E-state index >= 15 is 0 Å². The maximum absolute atomic E-state index is 12.2. The second-order valence-corrected chi connectivity index (χ2v) is 7.46. The number of aromatic nitrogens is 1. The van der Waals surface area contributed by atoms with Crippen LogP contribution in [-0.2, 0) is 10.0 Å². The monoisotopic (exact) mass is 414 g/mol. The lowest BCUT2D eigenvalue weighted by atomic mass is 10.3. The fraction of sp³-hybridized carbons (Fsp3) is 0. The first-order valence-electron chi connectivity index (χ1n) is 5.08. The molecule has 106 valence electrons. The van der Waals surface area contributed by atoms with E-state index in [1.807, 2.05) is 0 Å². The highest BCUT2D eigenvalue weighted by molar-refractivity contribution is 9.10. The minimum atomic E-state index is -3.85. The molecule has 0 aliphatic rings. The molecule has 0 atom stereocenters. The van der Waals surface area contributed by atoms with Gasteiger partial charge in [0.15, 0.2) is 0 Å². The average molecular weight is 417 g/mol. The summed E-state index contributed by atoms with van der Waals surface area (Å²) in [5.41, 5.74) is 0.101. The highest BCUT2D eigenvalue weighted by atomic mass is 79.9. The van der Waals surface area contributed by atoms with Crippen molar-refractivity contribution in [2.45, 2.75) is 4.90 Å². The number of hydrogen-bond donors (Lipinski definition) is 1. The Bertz CT molecular complexity index is 745. The zero-order chi connectivity index (χ0) is 14.9. The molecule has 2 aromatic rings. The summed E-state index contributed by atoms with van der Waals surface area (Å²) in [7, 11) is -3.85. The lowest BCUT2D eigenvalue weighted by molar-refractivity contribution is 0.601. The van der Waals surface area contributed by atoms with Gasteiger partial charge in [0.05, 0.1) is 20.6 Å². The van der Waals surface area contributed by atoms with E-state index < -0.39 is 10.0 Å². The Morgan fingerprint density at radius 3 is 2.25 bits per heavy atom. The van der Waals surface area contributed by atoms with Crippen molar-refractivity contribution in [1.29, 1.82) is 0 Å². The predicted molar refractivity (Wildman–Crippen MR) is 84.2 cm³/mol. The van der Waals surface area contributed by atoms with E-state index in [1.54, 1.807) is 0 Å². The van der Waals surface area contributed by atoms with Gasteiger partial charge in [-0.3, -0.25) is 4.72 Å². The van der Waals surface area contributed by atoms with Crippen LogP contribution in [0.1, 0.15) is 0 Å². The molecule has 0 aliphatic carbocycles. The van der Waals surface area contributed by atoms with Crippen molar-refractivity contribution in [3.8, 4) is 0 Å². The fourth-order valence-electron chi connectivity index (χ4n) is 1.38. The maximum Gasteiger partial charge on any atom is 0.262 e. The number of nitrogens with one attached hydrogen (secondary N) is 1. The van der Waals surface area contributed by atoms with Gasteiger partial charge in [-0.1, -0.05) is 50.7 Å². The second kappa shape index (κ2) is 6.07. The Morgan fingerprint density at radius 2 is 1.70 bits per heavy atom. The summed E-state index contributed by atoms with van der Waals surface area (Å²) in [5, 5.41) is 0.419. The molecule has 0 unspecified atom stereocenters. The first-order valence-corrected chi connectivity index (χ1v) is 8.49. The number of benzene rings is 1. The normalized spacial score (nSPS) is 11.4. The highest BCUT2D eigenvalue weighted by Gasteiger charge is 2.18. The molecule has 1 aromatic heterocycles. The predicted octanol–water partition coefficient (Wildman–Crippen LogP) is 4.61. The smallest absolute Gasteiger partial charge is 0.262 e. The molecule has 2 rings (SSSR count). The van der Waals surface area contributed by atoms with E-state index in [0.29, 0.717) is 4.47 Å². The van der Waals surface area contributed by atoms with Crippen LogP contribution in [0.2, 0.25) is 15.2 Å². The first kappa shape index (κ1) is 15.9. The molecule has 4 nitrogen and oxygen atoms in total. The van der Waals surface area contributed by atoms with Gasteiger partial charge in [0, 0.05) is 10.7 Å². The van der Waals surface area contributed by atoms with Crippen LogP contribution >= 0.6 is 50.7 Å². The molecular weight excluding hydrogens is 410 g/mol. The summed E-state index contributed by atoms with van der Waals surface area (Å²) in [6, 6.07) is 5.61. The summed E-state index contributed by atoms with van der Waals surface area (Å²) in [6.07, 6.45) is 1.29. The van der Waals surface area contributed by atoms with Crippen LogP contribution in [0.4, 0.5) is 5.69 Å². The molecule has 0 saturated heterocycles. The topological polar surface area (TPSA) is 59.1 Å². The van der Waals surface area contributed by atoms with E-state index in [4.69, 9.17) is 34.8 Å². The summed E-state index contributed by atoms with van der Waals surface area (Å²) in [6.45, 7) is 0.